The third kappa shape index (κ3) is 64.4. The number of phenols is 1. The predicted molar refractivity (Wildman–Crippen MR) is 516 cm³/mol. The number of allylic oxidation sites excluding steroid dienone is 5. The van der Waals surface area contributed by atoms with Crippen molar-refractivity contribution in [2.24, 2.45) is 0 Å². The van der Waals surface area contributed by atoms with Gasteiger partial charge in [-0.2, -0.15) is 0 Å². The van der Waals surface area contributed by atoms with Crippen LogP contribution in [0, 0.1) is 0 Å². The van der Waals surface area contributed by atoms with Crippen LogP contribution < -0.4 is 136 Å². The SMILES string of the molecule is BrCCCCCCCCCCBr.C=CCc1ccccc1O.C=CCc1ccccc1OCCCCCCCCCCOc1ccccc1CC=C.C=CCc1ccccc1OCCCCCCCCCCOc1ccccc1CC=C.ClCCl.O=CO[O-].[H-].[K+].[K+].c1ccc(OCCCCCCCCCCOc2ccccc2CC2CO2)c(CC2CO2)c1. The van der Waals surface area contributed by atoms with Crippen LogP contribution in [-0.4, -0.2) is 92.6 Å². The van der Waals surface area contributed by atoms with Gasteiger partial charge in [0.25, 0.3) is 6.47 Å². The first-order chi connectivity index (χ1) is 59.7. The Morgan fingerprint density at radius 3 is 0.691 bits per heavy atom. The number of hydrogen-bond acceptors (Lipinski definition) is 12. The van der Waals surface area contributed by atoms with E-state index < -0.39 is 0 Å². The van der Waals surface area contributed by atoms with E-state index in [4.69, 9.17) is 71.1 Å². The van der Waals surface area contributed by atoms with E-state index in [-0.39, 0.29) is 116 Å². The molecule has 7 aromatic carbocycles. The first-order valence-corrected chi connectivity index (χ1v) is 48.2. The van der Waals surface area contributed by atoms with E-state index in [1.165, 1.54) is 211 Å². The maximum absolute atomic E-state index is 9.19. The molecule has 2 saturated heterocycles. The number of unbranched alkanes of at least 4 members (excludes halogenated alkanes) is 28. The number of rotatable bonds is 63. The zero-order chi connectivity index (χ0) is 87.0. The first kappa shape index (κ1) is 117. The molecule has 0 saturated carbocycles. The van der Waals surface area contributed by atoms with Crippen molar-refractivity contribution in [2.45, 2.75) is 263 Å². The number of phenolic OH excluding ortho intramolecular Hbond substituents is 1. The van der Waals surface area contributed by atoms with E-state index in [9.17, 15) is 5.11 Å². The van der Waals surface area contributed by atoms with Gasteiger partial charge in [-0.05, 0) is 165 Å². The van der Waals surface area contributed by atoms with Gasteiger partial charge in [0.15, 0.2) is 0 Å². The van der Waals surface area contributed by atoms with E-state index >= 15 is 0 Å². The molecule has 18 heteroatoms. The Labute approximate surface area is 857 Å². The third-order valence-electron chi connectivity index (χ3n) is 20.1. The van der Waals surface area contributed by atoms with Gasteiger partial charge in [-0.1, -0.05) is 344 Å². The molecule has 7 aromatic rings. The second-order valence-corrected chi connectivity index (χ2v) is 32.5. The summed E-state index contributed by atoms with van der Waals surface area (Å²) in [5.41, 5.74) is 8.37. The molecule has 2 heterocycles. The number of hydrogen-bond donors (Lipinski definition) is 1. The Morgan fingerprint density at radius 1 is 0.325 bits per heavy atom. The summed E-state index contributed by atoms with van der Waals surface area (Å²) in [5, 5.41) is 20.2. The molecule has 123 heavy (non-hydrogen) atoms. The minimum absolute atomic E-state index is 0. The standard InChI is InChI=1S/C28H38O4.2C28H38O2.C10H20Br2.C9H10O.CH2Cl2.CH2O3.2K.H/c1(3-5-11-17-29-27-15-9-7-13-23(27)19-25-21-31-25)2-4-6-12-18-30-28-16-10-8-14-24(28)20-26-22-32-26;2*1-3-17-25-19-11-13-21-27(25)29-23-15-9-7-5-6-8-10-16-24-30-28-22-14-12-20-26(28)18-4-2;11-9-7-5-3-1-2-4-6-8-10-12;1-2-5-8-6-3-4-7-9(8)10;2-1-3;2-1-4-3;;;/h7-10,13-16,25-26H,1-6,11-12,17-22H2;2*3-4,11-14,19-22H,1-2,5-10,15-18,23-24H2;1-10H2;2-4,6-7,10H,1,5H2;1H2;1,3H;;;/q;;;;;;;2*+1;-1/p-1. The van der Waals surface area contributed by atoms with Gasteiger partial charge in [-0.25, -0.2) is 0 Å². The maximum atomic E-state index is 9.19. The van der Waals surface area contributed by atoms with Crippen LogP contribution in [0.3, 0.4) is 0 Å². The van der Waals surface area contributed by atoms with Crippen LogP contribution in [0.1, 0.15) is 246 Å². The van der Waals surface area contributed by atoms with Gasteiger partial charge in [-0.15, -0.1) is 56.1 Å². The van der Waals surface area contributed by atoms with Crippen molar-refractivity contribution in [3.63, 3.8) is 0 Å². The maximum Gasteiger partial charge on any atom is 1.00 e. The summed E-state index contributed by atoms with van der Waals surface area (Å²) in [5.74, 6) is 6.45. The monoisotopic (exact) mass is 1910 g/mol. The fourth-order valence-corrected chi connectivity index (χ4v) is 14.1. The van der Waals surface area contributed by atoms with Crippen molar-refractivity contribution in [1.82, 2.24) is 0 Å². The van der Waals surface area contributed by atoms with Crippen molar-refractivity contribution in [3.8, 4) is 40.2 Å². The first-order valence-electron chi connectivity index (χ1n) is 44.9. The molecule has 9 rings (SSSR count). The van der Waals surface area contributed by atoms with E-state index in [0.717, 1.165) is 176 Å². The Balaban J connectivity index is 0.00000156. The van der Waals surface area contributed by atoms with E-state index in [1.807, 2.05) is 66.8 Å². The summed E-state index contributed by atoms with van der Waals surface area (Å²) in [6.07, 6.45) is 57.6. The minimum atomic E-state index is -0.181. The summed E-state index contributed by atoms with van der Waals surface area (Å²) >= 11 is 16.4. The normalized spacial score (nSPS) is 12.2. The molecule has 0 aromatic heterocycles. The van der Waals surface area contributed by atoms with Crippen LogP contribution in [0.15, 0.2) is 233 Å². The van der Waals surface area contributed by atoms with E-state index in [1.54, 1.807) is 12.1 Å². The molecule has 1 N–H and O–H groups in total. The zero-order valence-electron chi connectivity index (χ0n) is 76.1. The molecule has 0 bridgehead atoms. The Kier molecular flexibility index (Phi) is 81.9. The van der Waals surface area contributed by atoms with Crippen LogP contribution in [0.5, 0.6) is 40.2 Å². The second kappa shape index (κ2) is 86.1. The summed E-state index contributed by atoms with van der Waals surface area (Å²) in [7, 11) is 0. The van der Waals surface area contributed by atoms with Crippen LogP contribution in [0.2, 0.25) is 0 Å². The second-order valence-electron chi connectivity index (χ2n) is 30.1. The van der Waals surface area contributed by atoms with Gasteiger partial charge in [0.05, 0.1) is 70.4 Å². The number of epoxide rings is 2. The summed E-state index contributed by atoms with van der Waals surface area (Å²) in [6, 6.07) is 57.1. The van der Waals surface area contributed by atoms with Gasteiger partial charge >= 0.3 is 103 Å². The fourth-order valence-electron chi connectivity index (χ4n) is 13.3. The van der Waals surface area contributed by atoms with Gasteiger partial charge in [0.2, 0.25) is 0 Å². The largest absolute Gasteiger partial charge is 1.00 e. The average molecular weight is 1910 g/mol. The molecule has 12 nitrogen and oxygen atoms in total. The molecular formula is C105H148Br2Cl2K2O12. The molecule has 0 spiro atoms. The molecule has 0 radical (unpaired) electrons. The van der Waals surface area contributed by atoms with Crippen LogP contribution in [-0.2, 0) is 64.1 Å². The summed E-state index contributed by atoms with van der Waals surface area (Å²) in [6.45, 7) is 25.3. The van der Waals surface area contributed by atoms with Gasteiger partial charge in [0.1, 0.15) is 40.2 Å². The van der Waals surface area contributed by atoms with Crippen molar-refractivity contribution in [2.75, 3.05) is 68.9 Å². The smallest absolute Gasteiger partial charge is 1.00 e. The molecule has 670 valence electrons. The van der Waals surface area contributed by atoms with Crippen LogP contribution in [0.4, 0.5) is 0 Å². The van der Waals surface area contributed by atoms with E-state index in [2.05, 4.69) is 191 Å². The summed E-state index contributed by atoms with van der Waals surface area (Å²) < 4.78 is 46.6. The molecule has 2 fully saturated rings. The number of ether oxygens (including phenoxy) is 8. The predicted octanol–water partition coefficient (Wildman–Crippen LogP) is 22.6. The topological polar surface area (TPSA) is 150 Å². The van der Waals surface area contributed by atoms with E-state index in [0.29, 0.717) is 18.0 Å². The molecular weight excluding hydrogens is 1760 g/mol. The minimum Gasteiger partial charge on any atom is -1.00 e. The van der Waals surface area contributed by atoms with Crippen LogP contribution in [0.25, 0.3) is 0 Å². The number of carbonyl (C=O) groups excluding carboxylic acids is 1. The van der Waals surface area contributed by atoms with Crippen LogP contribution >= 0.6 is 55.1 Å². The molecule has 0 amide bonds. The molecule has 2 atom stereocenters. The molecule has 2 aliphatic heterocycles. The number of alkyl halides is 4. The summed E-state index contributed by atoms with van der Waals surface area (Å²) in [4.78, 5) is 11.2. The number of halogens is 4. The molecule has 2 aliphatic rings. The Morgan fingerprint density at radius 2 is 0.496 bits per heavy atom. The Hall–Kier alpha value is -4.00. The fraction of sp³-hybridized carbons (Fsp3) is 0.495. The van der Waals surface area contributed by atoms with Crippen molar-refractivity contribution < 1.29 is 162 Å². The molecule has 2 unspecified atom stereocenters. The quantitative estimate of drug-likeness (QED) is 0.00565. The average Bonchev–Trinajstić information content (AvgIpc) is 1.72. The van der Waals surface area contributed by atoms with Gasteiger partial charge < -0.3 is 54.6 Å². The number of benzene rings is 7. The van der Waals surface area contributed by atoms with Crippen molar-refractivity contribution in [1.29, 1.82) is 0 Å². The molecule has 0 aliphatic carbocycles. The Bertz CT molecular complexity index is 3350. The number of para-hydroxylation sites is 7. The van der Waals surface area contributed by atoms with Gasteiger partial charge in [-0.3, -0.25) is 4.79 Å². The van der Waals surface area contributed by atoms with Crippen molar-refractivity contribution in [3.05, 3.63) is 272 Å². The third-order valence-corrected chi connectivity index (χ3v) is 21.2. The van der Waals surface area contributed by atoms with Gasteiger partial charge in [0, 0.05) is 23.5 Å². The number of carbonyl (C=O) groups is 1. The zero-order valence-corrected chi connectivity index (χ0v) is 86.1. The van der Waals surface area contributed by atoms with Crippen molar-refractivity contribution >= 4 is 61.5 Å². The number of aromatic hydroxyl groups is 1.